The molecular weight excluding hydrogens is 301 g/mol. The van der Waals surface area contributed by atoms with E-state index in [1.807, 2.05) is 0 Å². The van der Waals surface area contributed by atoms with Gasteiger partial charge in [-0.1, -0.05) is 19.8 Å². The number of hydrogen-bond acceptors (Lipinski definition) is 1. The van der Waals surface area contributed by atoms with Gasteiger partial charge in [-0.2, -0.15) is 0 Å². The lowest BCUT2D eigenvalue weighted by molar-refractivity contribution is 0.322. The Bertz CT molecular complexity index is 753. The van der Waals surface area contributed by atoms with Crippen LogP contribution in [0.25, 0.3) is 22.3 Å². The van der Waals surface area contributed by atoms with Crippen LogP contribution >= 0.6 is 0 Å². The van der Waals surface area contributed by atoms with Crippen molar-refractivity contribution in [3.8, 4) is 28.0 Å². The lowest BCUT2D eigenvalue weighted by atomic mass is 9.78. The van der Waals surface area contributed by atoms with Gasteiger partial charge in [0.1, 0.15) is 0 Å². The third-order valence-corrected chi connectivity index (χ3v) is 4.28. The first-order valence-electron chi connectivity index (χ1n) is 8.07. The summed E-state index contributed by atoms with van der Waals surface area (Å²) in [5, 5.41) is 0. The van der Waals surface area contributed by atoms with Gasteiger partial charge in [-0.05, 0) is 54.7 Å². The summed E-state index contributed by atoms with van der Waals surface area (Å²) in [6.45, 7) is 4.12. The zero-order valence-corrected chi connectivity index (χ0v) is 13.3. The minimum Gasteiger partial charge on any atom is -0.491 e. The summed E-state index contributed by atoms with van der Waals surface area (Å²) in [4.78, 5) is 0. The maximum absolute atomic E-state index is 14.4. The molecule has 0 unspecified atom stereocenters. The Balaban J connectivity index is 2.01. The molecule has 0 aromatic heterocycles. The molecule has 122 valence electrons. The van der Waals surface area contributed by atoms with Crippen LogP contribution in [0, 0.1) is 17.5 Å². The molecule has 1 nitrogen and oxygen atoms in total. The summed E-state index contributed by atoms with van der Waals surface area (Å²) in [5.74, 6) is -2.35. The maximum Gasteiger partial charge on any atom is 0.173 e. The molecule has 0 bridgehead atoms. The highest BCUT2D eigenvalue weighted by atomic mass is 19.2. The molecule has 0 fully saturated rings. The third-order valence-electron chi connectivity index (χ3n) is 4.28. The van der Waals surface area contributed by atoms with Crippen LogP contribution in [0.1, 0.15) is 38.7 Å². The highest BCUT2D eigenvalue weighted by Gasteiger charge is 2.34. The van der Waals surface area contributed by atoms with Gasteiger partial charge in [0.2, 0.25) is 0 Å². The van der Waals surface area contributed by atoms with Gasteiger partial charge >= 0.3 is 0 Å². The van der Waals surface area contributed by atoms with Gasteiger partial charge in [0.15, 0.2) is 23.2 Å². The summed E-state index contributed by atoms with van der Waals surface area (Å²) in [7, 11) is 0. The molecule has 3 rings (SSSR count). The second kappa shape index (κ2) is 6.26. The van der Waals surface area contributed by atoms with Crippen molar-refractivity contribution in [3.05, 3.63) is 41.2 Å². The van der Waals surface area contributed by atoms with Gasteiger partial charge in [-0.15, -0.1) is 0 Å². The molecule has 2 aromatic rings. The second-order valence-electron chi connectivity index (χ2n) is 5.78. The first kappa shape index (κ1) is 15.9. The average molecular weight is 320 g/mol. The van der Waals surface area contributed by atoms with Gasteiger partial charge in [0, 0.05) is 11.1 Å². The number of fused-ring (bicyclic) bond motifs is 4. The fraction of sp³-hybridized carbons (Fsp3) is 0.368. The largest absolute Gasteiger partial charge is 0.491 e. The van der Waals surface area contributed by atoms with Crippen LogP contribution in [-0.4, -0.2) is 6.61 Å². The summed E-state index contributed by atoms with van der Waals surface area (Å²) >= 11 is 0. The summed E-state index contributed by atoms with van der Waals surface area (Å²) in [6, 6.07) is 4.91. The molecule has 0 N–H and O–H groups in total. The molecular formula is C19H19F3O. The van der Waals surface area contributed by atoms with Gasteiger partial charge in [0.05, 0.1) is 6.61 Å². The fourth-order valence-corrected chi connectivity index (χ4v) is 3.11. The Labute approximate surface area is 134 Å². The zero-order valence-electron chi connectivity index (χ0n) is 13.3. The Morgan fingerprint density at radius 3 is 2.30 bits per heavy atom. The average Bonchev–Trinajstić information content (AvgIpc) is 2.52. The topological polar surface area (TPSA) is 9.23 Å². The molecule has 1 aliphatic carbocycles. The normalized spacial score (nSPS) is 11.7. The molecule has 0 heterocycles. The van der Waals surface area contributed by atoms with Crippen LogP contribution < -0.4 is 4.74 Å². The lowest BCUT2D eigenvalue weighted by Crippen LogP contribution is -2.10. The molecule has 0 amide bonds. The molecule has 0 atom stereocenters. The van der Waals surface area contributed by atoms with E-state index in [0.29, 0.717) is 29.7 Å². The van der Waals surface area contributed by atoms with Crippen molar-refractivity contribution in [1.82, 2.24) is 0 Å². The van der Waals surface area contributed by atoms with Crippen LogP contribution in [0.15, 0.2) is 18.2 Å². The smallest absolute Gasteiger partial charge is 0.173 e. The molecule has 2 aromatic carbocycles. The second-order valence-corrected chi connectivity index (χ2v) is 5.78. The molecule has 0 radical (unpaired) electrons. The predicted molar refractivity (Wildman–Crippen MR) is 85.1 cm³/mol. The van der Waals surface area contributed by atoms with Crippen LogP contribution in [0.3, 0.4) is 0 Å². The van der Waals surface area contributed by atoms with Gasteiger partial charge in [0.25, 0.3) is 0 Å². The summed E-state index contributed by atoms with van der Waals surface area (Å²) in [6.07, 6.45) is 3.30. The van der Waals surface area contributed by atoms with Gasteiger partial charge in [-0.3, -0.25) is 0 Å². The maximum atomic E-state index is 14.4. The quantitative estimate of drug-likeness (QED) is 0.515. The Morgan fingerprint density at radius 1 is 0.870 bits per heavy atom. The van der Waals surface area contributed by atoms with E-state index in [1.54, 1.807) is 25.1 Å². The molecule has 4 heteroatoms. The van der Waals surface area contributed by atoms with Gasteiger partial charge in [-0.25, -0.2) is 13.2 Å². The van der Waals surface area contributed by atoms with Crippen molar-refractivity contribution in [2.45, 2.75) is 39.5 Å². The van der Waals surface area contributed by atoms with E-state index >= 15 is 0 Å². The minimum atomic E-state index is -0.950. The van der Waals surface area contributed by atoms with E-state index in [4.69, 9.17) is 4.74 Å². The van der Waals surface area contributed by atoms with E-state index in [0.717, 1.165) is 19.3 Å². The number of benzene rings is 2. The summed E-state index contributed by atoms with van der Waals surface area (Å²) in [5.41, 5.74) is 1.75. The molecule has 1 aliphatic rings. The number of rotatable bonds is 6. The van der Waals surface area contributed by atoms with Crippen molar-refractivity contribution >= 4 is 0 Å². The molecule has 0 aliphatic heterocycles. The van der Waals surface area contributed by atoms with Gasteiger partial charge < -0.3 is 4.74 Å². The fourth-order valence-electron chi connectivity index (χ4n) is 3.11. The molecule has 0 spiro atoms. The Hall–Kier alpha value is -1.97. The van der Waals surface area contributed by atoms with E-state index in [-0.39, 0.29) is 16.9 Å². The molecule has 0 saturated carbocycles. The number of halogens is 3. The zero-order chi connectivity index (χ0) is 16.6. The van der Waals surface area contributed by atoms with Crippen molar-refractivity contribution < 1.29 is 17.9 Å². The van der Waals surface area contributed by atoms with Crippen LogP contribution in [-0.2, 0) is 6.42 Å². The van der Waals surface area contributed by atoms with E-state index in [9.17, 15) is 13.2 Å². The van der Waals surface area contributed by atoms with Crippen LogP contribution in [0.4, 0.5) is 13.2 Å². The predicted octanol–water partition coefficient (Wildman–Crippen LogP) is 5.88. The monoisotopic (exact) mass is 320 g/mol. The first-order chi connectivity index (χ1) is 11.1. The van der Waals surface area contributed by atoms with Crippen molar-refractivity contribution in [3.63, 3.8) is 0 Å². The van der Waals surface area contributed by atoms with E-state index in [2.05, 4.69) is 6.92 Å². The Kier molecular flexibility index (Phi) is 4.33. The highest BCUT2D eigenvalue weighted by molar-refractivity contribution is 6.03. The van der Waals surface area contributed by atoms with E-state index in [1.165, 1.54) is 0 Å². The van der Waals surface area contributed by atoms with E-state index < -0.39 is 17.5 Å². The lowest BCUT2D eigenvalue weighted by Gasteiger charge is -2.27. The van der Waals surface area contributed by atoms with Crippen molar-refractivity contribution in [2.24, 2.45) is 0 Å². The van der Waals surface area contributed by atoms with Crippen LogP contribution in [0.5, 0.6) is 5.75 Å². The minimum absolute atomic E-state index is 0.0378. The van der Waals surface area contributed by atoms with Crippen LogP contribution in [0.2, 0.25) is 0 Å². The number of aryl methyl sites for hydroxylation is 1. The third kappa shape index (κ3) is 2.50. The standard InChI is InChI=1S/C19H19F3O/c1-3-5-6-7-11-10-13-12-8-9-14(23-4-2)18(21)15(12)16(13)19(22)17(11)20/h8-10H,3-7H2,1-2H3. The SMILES string of the molecule is CCCCCc1cc2c(c(F)c1F)-c1c-2ccc(OCC)c1F. The summed E-state index contributed by atoms with van der Waals surface area (Å²) < 4.78 is 48.3. The number of unbranched alkanes of at least 4 members (excludes halogenated alkanes) is 2. The highest BCUT2D eigenvalue weighted by Crippen LogP contribution is 2.52. The van der Waals surface area contributed by atoms with Crippen molar-refractivity contribution in [1.29, 1.82) is 0 Å². The van der Waals surface area contributed by atoms with Crippen molar-refractivity contribution in [2.75, 3.05) is 6.61 Å². The number of ether oxygens (including phenoxy) is 1. The Morgan fingerprint density at radius 2 is 1.61 bits per heavy atom. The molecule has 0 saturated heterocycles. The molecule has 23 heavy (non-hydrogen) atoms. The number of hydrogen-bond donors (Lipinski definition) is 0. The first-order valence-corrected chi connectivity index (χ1v) is 8.07.